The first-order chi connectivity index (χ1) is 7.06. The minimum absolute atomic E-state index is 0.114. The number of hydrogen-bond donors (Lipinski definition) is 0. The number of halogens is 2. The van der Waals surface area contributed by atoms with E-state index < -0.39 is 18.3 Å². The van der Waals surface area contributed by atoms with Crippen molar-refractivity contribution in [2.24, 2.45) is 7.05 Å². The number of ether oxygens (including phenoxy) is 2. The van der Waals surface area contributed by atoms with Crippen LogP contribution in [0.5, 0.6) is 5.75 Å². The number of aromatic nitrogens is 2. The van der Waals surface area contributed by atoms with Crippen molar-refractivity contribution in [2.45, 2.75) is 13.3 Å². The third-order valence-corrected chi connectivity index (χ3v) is 1.61. The minimum atomic E-state index is -2.76. The first-order valence-electron chi connectivity index (χ1n) is 4.21. The molecule has 1 heterocycles. The van der Waals surface area contributed by atoms with Crippen molar-refractivity contribution in [3.63, 3.8) is 0 Å². The summed E-state index contributed by atoms with van der Waals surface area (Å²) in [6.07, 6.45) is -2.74. The molecule has 0 radical (unpaired) electrons. The van der Waals surface area contributed by atoms with Gasteiger partial charge >= 0.3 is 6.16 Å². The Morgan fingerprint density at radius 1 is 1.67 bits per heavy atom. The fraction of sp³-hybridized carbons (Fsp3) is 0.500. The molecular formula is C8H10F2N2O3. The predicted octanol–water partition coefficient (Wildman–Crippen LogP) is 1.89. The van der Waals surface area contributed by atoms with E-state index in [9.17, 15) is 13.6 Å². The second kappa shape index (κ2) is 4.72. The highest BCUT2D eigenvalue weighted by molar-refractivity contribution is 5.64. The molecule has 0 aliphatic rings. The molecule has 1 rings (SSSR count). The molecule has 0 amide bonds. The van der Waals surface area contributed by atoms with E-state index in [1.54, 1.807) is 6.92 Å². The van der Waals surface area contributed by atoms with Crippen LogP contribution in [0, 0.1) is 0 Å². The van der Waals surface area contributed by atoms with Gasteiger partial charge in [-0.25, -0.2) is 13.6 Å². The van der Waals surface area contributed by atoms with Gasteiger partial charge in [-0.3, -0.25) is 4.68 Å². The SMILES string of the molecule is CCOC(=O)Oc1cnn(C)c1C(F)F. The maximum Gasteiger partial charge on any atom is 0.513 e. The molecule has 0 bridgehead atoms. The second-order valence-corrected chi connectivity index (χ2v) is 2.60. The van der Waals surface area contributed by atoms with Gasteiger partial charge in [0.25, 0.3) is 6.43 Å². The average Bonchev–Trinajstić information content (AvgIpc) is 2.47. The largest absolute Gasteiger partial charge is 0.513 e. The number of rotatable bonds is 3. The van der Waals surface area contributed by atoms with Gasteiger partial charge in [0.15, 0.2) is 5.75 Å². The summed E-state index contributed by atoms with van der Waals surface area (Å²) in [5, 5.41) is 3.55. The van der Waals surface area contributed by atoms with Gasteiger partial charge < -0.3 is 9.47 Å². The Bertz CT molecular complexity index is 352. The van der Waals surface area contributed by atoms with E-state index in [0.29, 0.717) is 0 Å². The topological polar surface area (TPSA) is 53.4 Å². The zero-order valence-electron chi connectivity index (χ0n) is 8.24. The Morgan fingerprint density at radius 2 is 2.33 bits per heavy atom. The number of hydrogen-bond acceptors (Lipinski definition) is 4. The quantitative estimate of drug-likeness (QED) is 0.730. The molecule has 0 aromatic carbocycles. The normalized spacial score (nSPS) is 10.5. The maximum absolute atomic E-state index is 12.5. The molecule has 1 aromatic rings. The van der Waals surface area contributed by atoms with Gasteiger partial charge in [-0.15, -0.1) is 0 Å². The van der Waals surface area contributed by atoms with Crippen molar-refractivity contribution in [3.05, 3.63) is 11.9 Å². The molecular weight excluding hydrogens is 210 g/mol. The van der Waals surface area contributed by atoms with Crippen LogP contribution in [0.3, 0.4) is 0 Å². The van der Waals surface area contributed by atoms with Gasteiger partial charge in [-0.1, -0.05) is 0 Å². The van der Waals surface area contributed by atoms with Gasteiger partial charge in [0.1, 0.15) is 5.69 Å². The molecule has 0 saturated carbocycles. The zero-order valence-corrected chi connectivity index (χ0v) is 8.24. The number of carbonyl (C=O) groups excluding carboxylic acids is 1. The van der Waals surface area contributed by atoms with Crippen LogP contribution < -0.4 is 4.74 Å². The molecule has 0 aliphatic heterocycles. The Hall–Kier alpha value is -1.66. The van der Waals surface area contributed by atoms with Crippen LogP contribution in [0.2, 0.25) is 0 Å². The lowest BCUT2D eigenvalue weighted by Gasteiger charge is -2.05. The monoisotopic (exact) mass is 220 g/mol. The van der Waals surface area contributed by atoms with Crippen molar-refractivity contribution in [3.8, 4) is 5.75 Å². The fourth-order valence-corrected chi connectivity index (χ4v) is 0.991. The van der Waals surface area contributed by atoms with E-state index in [1.807, 2.05) is 0 Å². The van der Waals surface area contributed by atoms with Crippen molar-refractivity contribution in [1.82, 2.24) is 9.78 Å². The molecule has 7 heteroatoms. The summed E-state index contributed by atoms with van der Waals surface area (Å²) >= 11 is 0. The second-order valence-electron chi connectivity index (χ2n) is 2.60. The van der Waals surface area contributed by atoms with Crippen LogP contribution in [0.15, 0.2) is 6.20 Å². The van der Waals surface area contributed by atoms with E-state index in [1.165, 1.54) is 7.05 Å². The lowest BCUT2D eigenvalue weighted by atomic mass is 10.4. The van der Waals surface area contributed by atoms with Crippen LogP contribution >= 0.6 is 0 Å². The summed E-state index contributed by atoms with van der Waals surface area (Å²) < 4.78 is 34.9. The average molecular weight is 220 g/mol. The van der Waals surface area contributed by atoms with Gasteiger partial charge in [0.05, 0.1) is 12.8 Å². The van der Waals surface area contributed by atoms with Crippen molar-refractivity contribution >= 4 is 6.16 Å². The van der Waals surface area contributed by atoms with E-state index >= 15 is 0 Å². The first-order valence-corrected chi connectivity index (χ1v) is 4.21. The smallest absolute Gasteiger partial charge is 0.434 e. The molecule has 0 aliphatic carbocycles. The Kier molecular flexibility index (Phi) is 3.59. The third-order valence-electron chi connectivity index (χ3n) is 1.61. The Labute approximate surface area is 84.6 Å². The molecule has 1 aromatic heterocycles. The zero-order chi connectivity index (χ0) is 11.4. The summed E-state index contributed by atoms with van der Waals surface area (Å²) in [6.45, 7) is 1.70. The van der Waals surface area contributed by atoms with Crippen LogP contribution in [-0.2, 0) is 11.8 Å². The summed E-state index contributed by atoms with van der Waals surface area (Å²) in [7, 11) is 1.33. The summed E-state index contributed by atoms with van der Waals surface area (Å²) in [5.41, 5.74) is -0.456. The van der Waals surface area contributed by atoms with Gasteiger partial charge in [-0.05, 0) is 6.92 Å². The highest BCUT2D eigenvalue weighted by Gasteiger charge is 2.21. The highest BCUT2D eigenvalue weighted by atomic mass is 19.3. The lowest BCUT2D eigenvalue weighted by Crippen LogP contribution is -2.11. The third kappa shape index (κ3) is 2.64. The molecule has 0 unspecified atom stereocenters. The van der Waals surface area contributed by atoms with Gasteiger partial charge in [0, 0.05) is 7.05 Å². The van der Waals surface area contributed by atoms with Gasteiger partial charge in [0.2, 0.25) is 0 Å². The predicted molar refractivity (Wildman–Crippen MR) is 45.8 cm³/mol. The van der Waals surface area contributed by atoms with E-state index in [4.69, 9.17) is 0 Å². The molecule has 5 nitrogen and oxygen atoms in total. The fourth-order valence-electron chi connectivity index (χ4n) is 0.991. The lowest BCUT2D eigenvalue weighted by molar-refractivity contribution is 0.0989. The molecule has 15 heavy (non-hydrogen) atoms. The van der Waals surface area contributed by atoms with Crippen LogP contribution in [0.4, 0.5) is 13.6 Å². The molecule has 0 N–H and O–H groups in total. The van der Waals surface area contributed by atoms with E-state index in [2.05, 4.69) is 14.6 Å². The van der Waals surface area contributed by atoms with Crippen LogP contribution in [0.1, 0.15) is 19.0 Å². The van der Waals surface area contributed by atoms with E-state index in [0.717, 1.165) is 10.9 Å². The minimum Gasteiger partial charge on any atom is -0.434 e. The highest BCUT2D eigenvalue weighted by Crippen LogP contribution is 2.28. The number of aryl methyl sites for hydroxylation is 1. The molecule has 0 spiro atoms. The Balaban J connectivity index is 2.81. The van der Waals surface area contributed by atoms with Crippen LogP contribution in [0.25, 0.3) is 0 Å². The Morgan fingerprint density at radius 3 is 2.87 bits per heavy atom. The molecule has 0 saturated heterocycles. The molecule has 0 fully saturated rings. The van der Waals surface area contributed by atoms with Crippen molar-refractivity contribution < 1.29 is 23.0 Å². The number of alkyl halides is 2. The maximum atomic E-state index is 12.5. The van der Waals surface area contributed by atoms with E-state index in [-0.39, 0.29) is 12.4 Å². The van der Waals surface area contributed by atoms with Crippen molar-refractivity contribution in [2.75, 3.05) is 6.61 Å². The standard InChI is InChI=1S/C8H10F2N2O3/c1-3-14-8(13)15-5-4-11-12(2)6(5)7(9)10/h4,7H,3H2,1-2H3. The van der Waals surface area contributed by atoms with Crippen molar-refractivity contribution in [1.29, 1.82) is 0 Å². The first kappa shape index (κ1) is 11.4. The number of carbonyl (C=O) groups is 1. The molecule has 0 atom stereocenters. The molecule has 84 valence electrons. The summed E-state index contributed by atoms with van der Waals surface area (Å²) in [4.78, 5) is 10.9. The van der Waals surface area contributed by atoms with Gasteiger partial charge in [-0.2, -0.15) is 5.10 Å². The summed E-state index contributed by atoms with van der Waals surface area (Å²) in [5.74, 6) is -0.286. The number of nitrogens with zero attached hydrogens (tertiary/aromatic N) is 2. The summed E-state index contributed by atoms with van der Waals surface area (Å²) in [6, 6.07) is 0. The van der Waals surface area contributed by atoms with Crippen LogP contribution in [-0.4, -0.2) is 22.5 Å².